The molecule has 0 radical (unpaired) electrons. The van der Waals surface area contributed by atoms with E-state index in [2.05, 4.69) is 35.1 Å². The summed E-state index contributed by atoms with van der Waals surface area (Å²) in [5.41, 5.74) is 2.37. The van der Waals surface area contributed by atoms with Crippen LogP contribution in [0, 0.1) is 0 Å². The Kier molecular flexibility index (Phi) is 7.98. The van der Waals surface area contributed by atoms with Gasteiger partial charge < -0.3 is 14.8 Å². The molecular formula is C21H26BrNO3. The van der Waals surface area contributed by atoms with Crippen molar-refractivity contribution in [3.05, 3.63) is 58.1 Å². The van der Waals surface area contributed by atoms with E-state index < -0.39 is 0 Å². The fourth-order valence-electron chi connectivity index (χ4n) is 2.60. The molecule has 26 heavy (non-hydrogen) atoms. The van der Waals surface area contributed by atoms with Gasteiger partial charge in [0.1, 0.15) is 11.5 Å². The summed E-state index contributed by atoms with van der Waals surface area (Å²) < 4.78 is 11.8. The lowest BCUT2D eigenvalue weighted by Crippen LogP contribution is -2.30. The Morgan fingerprint density at radius 2 is 1.92 bits per heavy atom. The minimum absolute atomic E-state index is 0.00822. The molecule has 1 N–H and O–H groups in total. The molecule has 5 heteroatoms. The molecule has 0 heterocycles. The van der Waals surface area contributed by atoms with E-state index in [-0.39, 0.29) is 12.5 Å². The molecule has 0 aliphatic carbocycles. The van der Waals surface area contributed by atoms with E-state index in [0.717, 1.165) is 28.6 Å². The summed E-state index contributed by atoms with van der Waals surface area (Å²) in [5, 5.41) is 2.89. The maximum atomic E-state index is 12.0. The van der Waals surface area contributed by atoms with E-state index in [9.17, 15) is 4.79 Å². The molecule has 140 valence electrons. The van der Waals surface area contributed by atoms with E-state index in [1.165, 1.54) is 5.56 Å². The standard InChI is InChI=1S/C21H26BrNO3/c1-15(2)17-10-11-20(18(22)13-17)26-14-21(24)23-12-6-8-16-7-4-5-9-19(16)25-3/h4-5,7,9-11,13,15H,6,8,12,14H2,1-3H3,(H,23,24). The summed E-state index contributed by atoms with van der Waals surface area (Å²) in [7, 11) is 1.67. The summed E-state index contributed by atoms with van der Waals surface area (Å²) >= 11 is 3.50. The van der Waals surface area contributed by atoms with Crippen LogP contribution in [-0.4, -0.2) is 26.2 Å². The highest BCUT2D eigenvalue weighted by Gasteiger charge is 2.08. The Balaban J connectivity index is 1.72. The average Bonchev–Trinajstić information content (AvgIpc) is 2.64. The second-order valence-corrected chi connectivity index (χ2v) is 7.25. The van der Waals surface area contributed by atoms with Crippen LogP contribution < -0.4 is 14.8 Å². The summed E-state index contributed by atoms with van der Waals surface area (Å²) in [6, 6.07) is 13.9. The van der Waals surface area contributed by atoms with E-state index in [0.29, 0.717) is 18.2 Å². The van der Waals surface area contributed by atoms with Gasteiger partial charge in [0.2, 0.25) is 0 Å². The molecule has 0 saturated carbocycles. The van der Waals surface area contributed by atoms with Gasteiger partial charge in [0.25, 0.3) is 5.91 Å². The minimum Gasteiger partial charge on any atom is -0.496 e. The number of rotatable bonds is 9. The van der Waals surface area contributed by atoms with Gasteiger partial charge in [-0.05, 0) is 64.0 Å². The Bertz CT molecular complexity index is 731. The molecule has 0 fully saturated rings. The van der Waals surface area contributed by atoms with E-state index in [1.807, 2.05) is 42.5 Å². The summed E-state index contributed by atoms with van der Waals surface area (Å²) in [6.45, 7) is 4.89. The van der Waals surface area contributed by atoms with Crippen molar-refractivity contribution in [2.24, 2.45) is 0 Å². The number of nitrogens with one attached hydrogen (secondary N) is 1. The highest BCUT2D eigenvalue weighted by molar-refractivity contribution is 9.10. The zero-order valence-electron chi connectivity index (χ0n) is 15.5. The first-order chi connectivity index (χ1) is 12.5. The predicted octanol–water partition coefficient (Wildman–Crippen LogP) is 4.71. The normalized spacial score (nSPS) is 10.7. The van der Waals surface area contributed by atoms with Crippen LogP contribution in [0.4, 0.5) is 0 Å². The van der Waals surface area contributed by atoms with Crippen molar-refractivity contribution in [3.8, 4) is 11.5 Å². The van der Waals surface area contributed by atoms with E-state index in [4.69, 9.17) is 9.47 Å². The molecule has 0 spiro atoms. The number of hydrogen-bond donors (Lipinski definition) is 1. The van der Waals surface area contributed by atoms with Crippen molar-refractivity contribution in [1.29, 1.82) is 0 Å². The van der Waals surface area contributed by atoms with Crippen LogP contribution in [0.25, 0.3) is 0 Å². The molecule has 2 aromatic rings. The van der Waals surface area contributed by atoms with Gasteiger partial charge in [-0.2, -0.15) is 0 Å². The van der Waals surface area contributed by atoms with Crippen LogP contribution in [0.5, 0.6) is 11.5 Å². The van der Waals surface area contributed by atoms with Crippen molar-refractivity contribution in [2.45, 2.75) is 32.6 Å². The van der Waals surface area contributed by atoms with Crippen LogP contribution in [0.2, 0.25) is 0 Å². The third-order valence-electron chi connectivity index (χ3n) is 4.12. The number of aryl methyl sites for hydroxylation is 1. The molecule has 4 nitrogen and oxygen atoms in total. The molecule has 0 saturated heterocycles. The molecule has 0 unspecified atom stereocenters. The van der Waals surface area contributed by atoms with E-state index >= 15 is 0 Å². The van der Waals surface area contributed by atoms with Crippen molar-refractivity contribution < 1.29 is 14.3 Å². The molecule has 0 aromatic heterocycles. The molecular weight excluding hydrogens is 394 g/mol. The van der Waals surface area contributed by atoms with Crippen LogP contribution in [0.15, 0.2) is 46.9 Å². The first-order valence-electron chi connectivity index (χ1n) is 8.82. The molecule has 2 rings (SSSR count). The number of carbonyl (C=O) groups is 1. The Labute approximate surface area is 164 Å². The predicted molar refractivity (Wildman–Crippen MR) is 108 cm³/mol. The number of carbonyl (C=O) groups excluding carboxylic acids is 1. The lowest BCUT2D eigenvalue weighted by molar-refractivity contribution is -0.123. The van der Waals surface area contributed by atoms with Crippen LogP contribution in [0.1, 0.15) is 37.3 Å². The first-order valence-corrected chi connectivity index (χ1v) is 9.61. The second kappa shape index (κ2) is 10.2. The van der Waals surface area contributed by atoms with Gasteiger partial charge in [-0.15, -0.1) is 0 Å². The number of amides is 1. The fraction of sp³-hybridized carbons (Fsp3) is 0.381. The van der Waals surface area contributed by atoms with Crippen LogP contribution >= 0.6 is 15.9 Å². The number of benzene rings is 2. The van der Waals surface area contributed by atoms with Gasteiger partial charge in [-0.3, -0.25) is 4.79 Å². The molecule has 0 aliphatic heterocycles. The molecule has 1 amide bonds. The van der Waals surface area contributed by atoms with Crippen molar-refractivity contribution >= 4 is 21.8 Å². The zero-order valence-corrected chi connectivity index (χ0v) is 17.1. The van der Waals surface area contributed by atoms with Gasteiger partial charge >= 0.3 is 0 Å². The molecule has 2 aromatic carbocycles. The van der Waals surface area contributed by atoms with Gasteiger partial charge in [-0.1, -0.05) is 38.1 Å². The number of para-hydroxylation sites is 1. The van der Waals surface area contributed by atoms with Crippen LogP contribution in [-0.2, 0) is 11.2 Å². The maximum absolute atomic E-state index is 12.0. The fourth-order valence-corrected chi connectivity index (χ4v) is 3.11. The Morgan fingerprint density at radius 3 is 2.62 bits per heavy atom. The van der Waals surface area contributed by atoms with Gasteiger partial charge in [0, 0.05) is 6.54 Å². The topological polar surface area (TPSA) is 47.6 Å². The van der Waals surface area contributed by atoms with Crippen molar-refractivity contribution in [2.75, 3.05) is 20.3 Å². The van der Waals surface area contributed by atoms with Crippen LogP contribution in [0.3, 0.4) is 0 Å². The summed E-state index contributed by atoms with van der Waals surface area (Å²) in [6.07, 6.45) is 1.70. The molecule has 0 bridgehead atoms. The largest absolute Gasteiger partial charge is 0.496 e. The summed E-state index contributed by atoms with van der Waals surface area (Å²) in [4.78, 5) is 12.0. The quantitative estimate of drug-likeness (QED) is 0.598. The Hall–Kier alpha value is -2.01. The van der Waals surface area contributed by atoms with Gasteiger partial charge in [0.05, 0.1) is 11.6 Å². The van der Waals surface area contributed by atoms with E-state index in [1.54, 1.807) is 7.11 Å². The third-order valence-corrected chi connectivity index (χ3v) is 4.74. The number of hydrogen-bond acceptors (Lipinski definition) is 3. The number of methoxy groups -OCH3 is 1. The Morgan fingerprint density at radius 1 is 1.15 bits per heavy atom. The van der Waals surface area contributed by atoms with Crippen molar-refractivity contribution in [1.82, 2.24) is 5.32 Å². The molecule has 0 atom stereocenters. The monoisotopic (exact) mass is 419 g/mol. The summed E-state index contributed by atoms with van der Waals surface area (Å²) in [5.74, 6) is 1.90. The lowest BCUT2D eigenvalue weighted by Gasteiger charge is -2.12. The molecule has 0 aliphatic rings. The zero-order chi connectivity index (χ0) is 18.9. The lowest BCUT2D eigenvalue weighted by atomic mass is 10.0. The number of halogens is 1. The first kappa shape index (κ1) is 20.3. The van der Waals surface area contributed by atoms with Gasteiger partial charge in [-0.25, -0.2) is 0 Å². The smallest absolute Gasteiger partial charge is 0.257 e. The highest BCUT2D eigenvalue weighted by atomic mass is 79.9. The van der Waals surface area contributed by atoms with Crippen molar-refractivity contribution in [3.63, 3.8) is 0 Å². The SMILES string of the molecule is COc1ccccc1CCCNC(=O)COc1ccc(C(C)C)cc1Br. The average molecular weight is 420 g/mol. The maximum Gasteiger partial charge on any atom is 0.257 e. The third kappa shape index (κ3) is 6.06. The minimum atomic E-state index is -0.120. The highest BCUT2D eigenvalue weighted by Crippen LogP contribution is 2.28. The second-order valence-electron chi connectivity index (χ2n) is 6.40. The van der Waals surface area contributed by atoms with Gasteiger partial charge in [0.15, 0.2) is 6.61 Å². The number of ether oxygens (including phenoxy) is 2.